The molecule has 1 aromatic rings. The third-order valence-corrected chi connectivity index (χ3v) is 2.15. The standard InChI is InChI=1S/C10H12N2O/c1-7(13)11-10-6-8-4-2-3-5-9(8)12-10/h2-5,10,12H,6H2,1H3,(H,11,13). The maximum Gasteiger partial charge on any atom is 0.218 e. The van der Waals surface area contributed by atoms with Crippen molar-refractivity contribution in [2.45, 2.75) is 19.5 Å². The van der Waals surface area contributed by atoms with Crippen LogP contribution in [0.5, 0.6) is 0 Å². The van der Waals surface area contributed by atoms with Crippen molar-refractivity contribution in [1.29, 1.82) is 0 Å². The Morgan fingerprint density at radius 3 is 3.00 bits per heavy atom. The summed E-state index contributed by atoms with van der Waals surface area (Å²) < 4.78 is 0. The van der Waals surface area contributed by atoms with Crippen LogP contribution in [0.3, 0.4) is 0 Å². The number of fused-ring (bicyclic) bond motifs is 1. The van der Waals surface area contributed by atoms with Crippen LogP contribution in [0.1, 0.15) is 12.5 Å². The molecule has 1 heterocycles. The Kier molecular flexibility index (Phi) is 1.93. The van der Waals surface area contributed by atoms with Gasteiger partial charge in [-0.1, -0.05) is 18.2 Å². The predicted octanol–water partition coefficient (Wildman–Crippen LogP) is 1.12. The first kappa shape index (κ1) is 8.10. The molecule has 0 saturated carbocycles. The summed E-state index contributed by atoms with van der Waals surface area (Å²) in [6.07, 6.45) is 0.936. The van der Waals surface area contributed by atoms with Gasteiger partial charge in [0.1, 0.15) is 6.17 Å². The topological polar surface area (TPSA) is 41.1 Å². The molecule has 3 nitrogen and oxygen atoms in total. The Bertz CT molecular complexity index is 310. The van der Waals surface area contributed by atoms with Crippen LogP contribution in [0.4, 0.5) is 5.69 Å². The van der Waals surface area contributed by atoms with Gasteiger partial charge >= 0.3 is 0 Å². The average Bonchev–Trinajstić information content (AvgIpc) is 2.44. The Hall–Kier alpha value is -1.51. The third-order valence-electron chi connectivity index (χ3n) is 2.15. The van der Waals surface area contributed by atoms with Gasteiger partial charge in [0.2, 0.25) is 5.91 Å². The van der Waals surface area contributed by atoms with Gasteiger partial charge in [-0.15, -0.1) is 0 Å². The van der Waals surface area contributed by atoms with Crippen LogP contribution < -0.4 is 10.6 Å². The largest absolute Gasteiger partial charge is 0.365 e. The molecule has 1 unspecified atom stereocenters. The highest BCUT2D eigenvalue weighted by Gasteiger charge is 2.19. The smallest absolute Gasteiger partial charge is 0.218 e. The van der Waals surface area contributed by atoms with E-state index in [1.807, 2.05) is 18.2 Å². The van der Waals surface area contributed by atoms with Gasteiger partial charge in [0.05, 0.1) is 0 Å². The van der Waals surface area contributed by atoms with Crippen LogP contribution in [0.25, 0.3) is 0 Å². The van der Waals surface area contributed by atoms with E-state index in [2.05, 4.69) is 16.7 Å². The average molecular weight is 176 g/mol. The maximum atomic E-state index is 10.8. The molecule has 2 N–H and O–H groups in total. The molecule has 1 amide bonds. The van der Waals surface area contributed by atoms with Crippen molar-refractivity contribution in [3.05, 3.63) is 29.8 Å². The van der Waals surface area contributed by atoms with Gasteiger partial charge in [0.25, 0.3) is 0 Å². The molecule has 0 aromatic heterocycles. The lowest BCUT2D eigenvalue weighted by molar-refractivity contribution is -0.119. The fourth-order valence-electron chi connectivity index (χ4n) is 1.63. The van der Waals surface area contributed by atoms with Crippen molar-refractivity contribution < 1.29 is 4.79 Å². The summed E-state index contributed by atoms with van der Waals surface area (Å²) >= 11 is 0. The molecule has 1 aromatic carbocycles. The summed E-state index contributed by atoms with van der Waals surface area (Å²) in [5, 5.41) is 6.07. The second-order valence-corrected chi connectivity index (χ2v) is 3.26. The van der Waals surface area contributed by atoms with Gasteiger partial charge in [-0.25, -0.2) is 0 Å². The summed E-state index contributed by atoms with van der Waals surface area (Å²) in [5.74, 6) is 0.00491. The van der Waals surface area contributed by atoms with Crippen molar-refractivity contribution >= 4 is 11.6 Å². The highest BCUT2D eigenvalue weighted by atomic mass is 16.1. The Morgan fingerprint density at radius 2 is 2.31 bits per heavy atom. The number of carbonyl (C=O) groups excluding carboxylic acids is 1. The molecule has 0 bridgehead atoms. The van der Waals surface area contributed by atoms with E-state index >= 15 is 0 Å². The molecule has 0 saturated heterocycles. The van der Waals surface area contributed by atoms with E-state index in [-0.39, 0.29) is 12.1 Å². The lowest BCUT2D eigenvalue weighted by atomic mass is 10.1. The highest BCUT2D eigenvalue weighted by molar-refractivity contribution is 5.74. The quantitative estimate of drug-likeness (QED) is 0.673. The van der Waals surface area contributed by atoms with E-state index in [0.717, 1.165) is 12.1 Å². The van der Waals surface area contributed by atoms with E-state index in [1.165, 1.54) is 12.5 Å². The molecule has 1 aliphatic heterocycles. The summed E-state index contributed by atoms with van der Waals surface area (Å²) in [5.41, 5.74) is 2.39. The molecule has 0 fully saturated rings. The first-order valence-electron chi connectivity index (χ1n) is 4.37. The highest BCUT2D eigenvalue weighted by Crippen LogP contribution is 2.23. The van der Waals surface area contributed by atoms with Gasteiger partial charge in [-0.05, 0) is 11.6 Å². The molecule has 1 atom stereocenters. The number of hydrogen-bond donors (Lipinski definition) is 2. The predicted molar refractivity (Wildman–Crippen MR) is 51.4 cm³/mol. The van der Waals surface area contributed by atoms with Gasteiger partial charge in [0.15, 0.2) is 0 Å². The van der Waals surface area contributed by atoms with Crippen molar-refractivity contribution in [3.8, 4) is 0 Å². The lowest BCUT2D eigenvalue weighted by Gasteiger charge is -2.11. The summed E-state index contributed by atoms with van der Waals surface area (Å²) in [7, 11) is 0. The van der Waals surface area contributed by atoms with Crippen LogP contribution in [-0.2, 0) is 11.2 Å². The fraction of sp³-hybridized carbons (Fsp3) is 0.300. The number of para-hydroxylation sites is 1. The lowest BCUT2D eigenvalue weighted by Crippen LogP contribution is -2.37. The molecular weight excluding hydrogens is 164 g/mol. The Balaban J connectivity index is 2.09. The van der Waals surface area contributed by atoms with Gasteiger partial charge in [-0.2, -0.15) is 0 Å². The minimum Gasteiger partial charge on any atom is -0.365 e. The van der Waals surface area contributed by atoms with Crippen LogP contribution in [-0.4, -0.2) is 12.1 Å². The number of nitrogens with one attached hydrogen (secondary N) is 2. The van der Waals surface area contributed by atoms with E-state index < -0.39 is 0 Å². The monoisotopic (exact) mass is 176 g/mol. The molecule has 1 aliphatic rings. The summed E-state index contributed by atoms with van der Waals surface area (Å²) in [4.78, 5) is 10.8. The second kappa shape index (κ2) is 3.09. The molecular formula is C10H12N2O. The molecule has 68 valence electrons. The minimum absolute atomic E-state index is 0.00491. The summed E-state index contributed by atoms with van der Waals surface area (Å²) in [6.45, 7) is 1.53. The number of rotatable bonds is 1. The van der Waals surface area contributed by atoms with Crippen molar-refractivity contribution in [1.82, 2.24) is 5.32 Å². The van der Waals surface area contributed by atoms with Crippen molar-refractivity contribution in [3.63, 3.8) is 0 Å². The van der Waals surface area contributed by atoms with E-state index in [0.29, 0.717) is 0 Å². The fourth-order valence-corrected chi connectivity index (χ4v) is 1.63. The normalized spacial score (nSPS) is 19.0. The van der Waals surface area contributed by atoms with Crippen molar-refractivity contribution in [2.24, 2.45) is 0 Å². The van der Waals surface area contributed by atoms with Crippen LogP contribution in [0, 0.1) is 0 Å². The van der Waals surface area contributed by atoms with Gasteiger partial charge in [-0.3, -0.25) is 4.79 Å². The van der Waals surface area contributed by atoms with Gasteiger partial charge in [0, 0.05) is 19.0 Å². The first-order valence-corrected chi connectivity index (χ1v) is 4.37. The van der Waals surface area contributed by atoms with Crippen molar-refractivity contribution in [2.75, 3.05) is 5.32 Å². The maximum absolute atomic E-state index is 10.8. The molecule has 0 radical (unpaired) electrons. The van der Waals surface area contributed by atoms with E-state index in [9.17, 15) is 4.79 Å². The third kappa shape index (κ3) is 1.64. The van der Waals surface area contributed by atoms with Crippen LogP contribution >= 0.6 is 0 Å². The van der Waals surface area contributed by atoms with Crippen LogP contribution in [0.15, 0.2) is 24.3 Å². The molecule has 13 heavy (non-hydrogen) atoms. The SMILES string of the molecule is CC(=O)NC1Cc2ccccc2N1. The Morgan fingerprint density at radius 1 is 1.54 bits per heavy atom. The van der Waals surface area contributed by atoms with E-state index in [1.54, 1.807) is 0 Å². The number of carbonyl (C=O) groups is 1. The zero-order valence-electron chi connectivity index (χ0n) is 7.50. The first-order chi connectivity index (χ1) is 6.25. The molecule has 3 heteroatoms. The number of amides is 1. The van der Waals surface area contributed by atoms with E-state index in [4.69, 9.17) is 0 Å². The number of anilines is 1. The molecule has 0 spiro atoms. The van der Waals surface area contributed by atoms with Gasteiger partial charge < -0.3 is 10.6 Å². The zero-order chi connectivity index (χ0) is 9.26. The number of benzene rings is 1. The zero-order valence-corrected chi connectivity index (χ0v) is 7.50. The summed E-state index contributed by atoms with van der Waals surface area (Å²) in [6, 6.07) is 8.10. The number of hydrogen-bond acceptors (Lipinski definition) is 2. The molecule has 0 aliphatic carbocycles. The molecule has 2 rings (SSSR count). The Labute approximate surface area is 77.1 Å². The second-order valence-electron chi connectivity index (χ2n) is 3.26. The van der Waals surface area contributed by atoms with Crippen LogP contribution in [0.2, 0.25) is 0 Å². The minimum atomic E-state index is 0.00491.